The molecule has 14 nitrogen and oxygen atoms in total. The normalized spacial score (nSPS) is 20.6. The van der Waals surface area contributed by atoms with Gasteiger partial charge in [0.05, 0.1) is 13.7 Å². The predicted molar refractivity (Wildman–Crippen MR) is 249 cm³/mol. The van der Waals surface area contributed by atoms with Crippen LogP contribution in [0.5, 0.6) is 0 Å². The molecule has 4 aliphatic heterocycles. The number of carbonyl (C=O) groups is 5. The number of hydrogen-bond donors (Lipinski definition) is 3. The largest absolute Gasteiger partial charge is 0.453 e. The predicted octanol–water partition coefficient (Wildman–Crippen LogP) is 6.88. The van der Waals surface area contributed by atoms with Gasteiger partial charge < -0.3 is 40.1 Å². The van der Waals surface area contributed by atoms with E-state index < -0.39 is 30.3 Å². The zero-order valence-electron chi connectivity index (χ0n) is 37.5. The molecule has 3 N–H and O–H groups in total. The lowest BCUT2D eigenvalue weighted by molar-refractivity contribution is -0.142. The molecule has 0 bridgehead atoms. The molecule has 4 fully saturated rings. The molecule has 5 unspecified atom stereocenters. The lowest BCUT2D eigenvalue weighted by atomic mass is 9.97. The maximum atomic E-state index is 14.3. The van der Waals surface area contributed by atoms with Crippen molar-refractivity contribution < 1.29 is 37.8 Å². The molecule has 5 atom stereocenters. The third-order valence-electron chi connectivity index (χ3n) is 13.3. The summed E-state index contributed by atoms with van der Waals surface area (Å²) in [7, 11) is 1.25. The van der Waals surface area contributed by atoms with Crippen LogP contribution in [0.2, 0.25) is 0 Å². The Hall–Kier alpha value is -6.32. The summed E-state index contributed by atoms with van der Waals surface area (Å²) in [5.41, 5.74) is 4.89. The van der Waals surface area contributed by atoms with Gasteiger partial charge in [0.25, 0.3) is 0 Å². The quantitative estimate of drug-likeness (QED) is 0.116. The van der Waals surface area contributed by atoms with Gasteiger partial charge in [-0.25, -0.2) is 9.18 Å². The van der Waals surface area contributed by atoms with Gasteiger partial charge in [0, 0.05) is 55.8 Å². The van der Waals surface area contributed by atoms with Gasteiger partial charge in [0.2, 0.25) is 23.6 Å². The molecular formula is C51H60FN7O7. The van der Waals surface area contributed by atoms with Crippen molar-refractivity contribution in [2.24, 2.45) is 5.92 Å². The molecule has 8 rings (SSSR count). The van der Waals surface area contributed by atoms with E-state index in [1.54, 1.807) is 21.9 Å². The van der Waals surface area contributed by atoms with Gasteiger partial charge in [0.1, 0.15) is 30.0 Å². The molecule has 4 saturated heterocycles. The van der Waals surface area contributed by atoms with Crippen molar-refractivity contribution in [3.05, 3.63) is 126 Å². The zero-order chi connectivity index (χ0) is 46.0. The molecule has 4 aromatic carbocycles. The third kappa shape index (κ3) is 11.2. The Kier molecular flexibility index (Phi) is 15.3. The standard InChI is InChI=1S/C51H60FN7O7/c1-65-51(64)55-45(38-26-31-66-34-38)49(62)58-29-8-12-43(58)47(60)53-40-20-14-35(15-21-40)32-57(42-24-18-39(52)19-25-42)33-36-16-22-41(23-17-36)54-48(61)44-13-9-30-59(44)50(63)46(37-10-4-2-5-11-37)56-27-6-3-7-28-56/h2,4-5,10-11,14-25,38,43-46H,3,6-9,12-13,26-34H2,1H3,(H,53,60)(H,54,61)(H,55,64). The average molecular weight is 902 g/mol. The molecule has 0 radical (unpaired) electrons. The molecule has 0 saturated carbocycles. The fourth-order valence-corrected chi connectivity index (χ4v) is 9.82. The van der Waals surface area contributed by atoms with Crippen molar-refractivity contribution in [1.82, 2.24) is 20.0 Å². The number of rotatable bonds is 15. The van der Waals surface area contributed by atoms with E-state index in [-0.39, 0.29) is 35.4 Å². The fraction of sp³-hybridized carbons (Fsp3) is 0.431. The van der Waals surface area contributed by atoms with Gasteiger partial charge in [-0.2, -0.15) is 0 Å². The van der Waals surface area contributed by atoms with Crippen molar-refractivity contribution in [2.45, 2.75) is 88.6 Å². The first-order chi connectivity index (χ1) is 32.1. The maximum Gasteiger partial charge on any atom is 0.407 e. The van der Waals surface area contributed by atoms with E-state index in [0.717, 1.165) is 61.2 Å². The minimum Gasteiger partial charge on any atom is -0.453 e. The highest BCUT2D eigenvalue weighted by molar-refractivity contribution is 5.99. The number of nitrogens with one attached hydrogen (secondary N) is 3. The summed E-state index contributed by atoms with van der Waals surface area (Å²) in [4.78, 5) is 75.4. The maximum absolute atomic E-state index is 14.3. The second-order valence-electron chi connectivity index (χ2n) is 17.7. The number of amides is 5. The van der Waals surface area contributed by atoms with Gasteiger partial charge in [-0.05, 0) is 123 Å². The topological polar surface area (TPSA) is 153 Å². The number of methoxy groups -OCH3 is 1. The Balaban J connectivity index is 0.894. The van der Waals surface area contributed by atoms with Crippen LogP contribution in [-0.2, 0) is 41.7 Å². The molecule has 4 heterocycles. The van der Waals surface area contributed by atoms with Crippen LogP contribution in [0.15, 0.2) is 103 Å². The summed E-state index contributed by atoms with van der Waals surface area (Å²) in [6.07, 6.45) is 5.69. The fourth-order valence-electron chi connectivity index (χ4n) is 9.82. The summed E-state index contributed by atoms with van der Waals surface area (Å²) in [6, 6.07) is 28.8. The number of ether oxygens (including phenoxy) is 2. The van der Waals surface area contributed by atoms with Crippen LogP contribution in [-0.4, -0.2) is 109 Å². The summed E-state index contributed by atoms with van der Waals surface area (Å²) in [6.45, 7) is 4.43. The van der Waals surface area contributed by atoms with Crippen LogP contribution < -0.4 is 20.9 Å². The van der Waals surface area contributed by atoms with E-state index >= 15 is 0 Å². The molecule has 15 heteroatoms. The van der Waals surface area contributed by atoms with Crippen molar-refractivity contribution in [3.8, 4) is 0 Å². The number of hydrogen-bond acceptors (Lipinski definition) is 9. The number of anilines is 3. The van der Waals surface area contributed by atoms with Crippen molar-refractivity contribution >= 4 is 46.8 Å². The van der Waals surface area contributed by atoms with Crippen molar-refractivity contribution in [2.75, 3.05) is 62.0 Å². The zero-order valence-corrected chi connectivity index (χ0v) is 37.5. The number of carbonyl (C=O) groups excluding carboxylic acids is 5. The van der Waals surface area contributed by atoms with Gasteiger partial charge >= 0.3 is 6.09 Å². The van der Waals surface area contributed by atoms with E-state index in [1.165, 1.54) is 19.2 Å². The number of likely N-dealkylation sites (tertiary alicyclic amines) is 3. The Morgan fingerprint density at radius 3 is 1.77 bits per heavy atom. The van der Waals surface area contributed by atoms with Crippen LogP contribution in [0.1, 0.15) is 74.1 Å². The first kappa shape index (κ1) is 46.2. The molecule has 4 aliphatic rings. The summed E-state index contributed by atoms with van der Waals surface area (Å²) < 4.78 is 24.4. The highest BCUT2D eigenvalue weighted by Crippen LogP contribution is 2.31. The van der Waals surface area contributed by atoms with Gasteiger partial charge in [0.15, 0.2) is 0 Å². The van der Waals surface area contributed by atoms with Crippen LogP contribution in [0, 0.1) is 11.7 Å². The van der Waals surface area contributed by atoms with Gasteiger partial charge in [-0.3, -0.25) is 24.1 Å². The first-order valence-electron chi connectivity index (χ1n) is 23.3. The first-order valence-corrected chi connectivity index (χ1v) is 23.3. The molecule has 348 valence electrons. The Morgan fingerprint density at radius 1 is 0.682 bits per heavy atom. The van der Waals surface area contributed by atoms with Crippen LogP contribution in [0.3, 0.4) is 0 Å². The summed E-state index contributed by atoms with van der Waals surface area (Å²) in [5.74, 6) is -1.40. The second kappa shape index (κ2) is 21.8. The molecule has 0 aromatic heterocycles. The number of piperidine rings is 1. The molecule has 4 aromatic rings. The molecular weight excluding hydrogens is 842 g/mol. The van der Waals surface area contributed by atoms with Crippen molar-refractivity contribution in [3.63, 3.8) is 0 Å². The average Bonchev–Trinajstić information content (AvgIpc) is 4.17. The van der Waals surface area contributed by atoms with Crippen molar-refractivity contribution in [1.29, 1.82) is 0 Å². The van der Waals surface area contributed by atoms with Crippen LogP contribution >= 0.6 is 0 Å². The number of benzene rings is 4. The van der Waals surface area contributed by atoms with E-state index in [2.05, 4.69) is 25.8 Å². The highest BCUT2D eigenvalue weighted by atomic mass is 19.1. The summed E-state index contributed by atoms with van der Waals surface area (Å²) >= 11 is 0. The van der Waals surface area contributed by atoms with E-state index in [1.807, 2.05) is 78.9 Å². The van der Waals surface area contributed by atoms with Gasteiger partial charge in [-0.1, -0.05) is 61.0 Å². The summed E-state index contributed by atoms with van der Waals surface area (Å²) in [5, 5.41) is 8.73. The highest BCUT2D eigenvalue weighted by Gasteiger charge is 2.42. The minimum atomic E-state index is -0.857. The lowest BCUT2D eigenvalue weighted by Gasteiger charge is -2.37. The van der Waals surface area contributed by atoms with E-state index in [9.17, 15) is 28.4 Å². The number of alkyl carbamates (subject to hydrolysis) is 1. The third-order valence-corrected chi connectivity index (χ3v) is 13.3. The SMILES string of the molecule is COC(=O)NC(C(=O)N1CCCC1C(=O)Nc1ccc(CN(Cc2ccc(NC(=O)C3CCCN3C(=O)C(c3ccccc3)N3CCCCC3)cc2)c2ccc(F)cc2)cc1)C1CCOC1. The Labute approximate surface area is 385 Å². The lowest BCUT2D eigenvalue weighted by Crippen LogP contribution is -2.55. The van der Waals surface area contributed by atoms with Crippen LogP contribution in [0.4, 0.5) is 26.2 Å². The smallest absolute Gasteiger partial charge is 0.407 e. The van der Waals surface area contributed by atoms with Crippen LogP contribution in [0.25, 0.3) is 0 Å². The molecule has 5 amide bonds. The molecule has 66 heavy (non-hydrogen) atoms. The number of nitrogens with zero attached hydrogens (tertiary/aromatic N) is 4. The molecule has 0 spiro atoms. The minimum absolute atomic E-state index is 0.0169. The van der Waals surface area contributed by atoms with Gasteiger partial charge in [-0.15, -0.1) is 0 Å². The number of halogens is 1. The van der Waals surface area contributed by atoms with E-state index in [4.69, 9.17) is 9.47 Å². The Morgan fingerprint density at radius 2 is 1.24 bits per heavy atom. The van der Waals surface area contributed by atoms with E-state index in [0.29, 0.717) is 76.5 Å². The molecule has 0 aliphatic carbocycles. The monoisotopic (exact) mass is 901 g/mol. The Bertz CT molecular complexity index is 2290. The second-order valence-corrected chi connectivity index (χ2v) is 17.7.